The number of nitrogens with two attached hydrogens (primary N) is 1. The van der Waals surface area contributed by atoms with E-state index in [0.717, 1.165) is 53.0 Å². The van der Waals surface area contributed by atoms with E-state index in [1.165, 1.54) is 0 Å². The lowest BCUT2D eigenvalue weighted by Crippen LogP contribution is -2.45. The van der Waals surface area contributed by atoms with Gasteiger partial charge in [-0.05, 0) is 49.2 Å². The van der Waals surface area contributed by atoms with Crippen LogP contribution in [0.15, 0.2) is 77.3 Å². The predicted molar refractivity (Wildman–Crippen MR) is 134 cm³/mol. The van der Waals surface area contributed by atoms with Crippen molar-refractivity contribution >= 4 is 34.9 Å². The molecule has 172 valence electrons. The first-order valence-corrected chi connectivity index (χ1v) is 11.1. The predicted octanol–water partition coefficient (Wildman–Crippen LogP) is 4.79. The molecule has 4 heterocycles. The fraction of sp³-hybridized carbons (Fsp3) is 0.192. The standard InChI is InChI=1S/C26H23N5O2.ClH/c27-20-5-3-13-30(16-20)26(32)18-9-7-17(8-10-18)21-11-12-25-28-15-22(31(25)29-21)24-14-19-4-1-2-6-23(19)33-24;/h1-2,4,6-12,14-15,20H,3,5,13,16,27H2;1H/t20-;/m0./s1. The number of piperidine rings is 1. The van der Waals surface area contributed by atoms with Gasteiger partial charge < -0.3 is 15.1 Å². The maximum absolute atomic E-state index is 12.8. The van der Waals surface area contributed by atoms with Crippen LogP contribution in [0.3, 0.4) is 0 Å². The Bertz CT molecular complexity index is 1440. The molecule has 1 atom stereocenters. The summed E-state index contributed by atoms with van der Waals surface area (Å²) in [5, 5.41) is 5.84. The zero-order valence-corrected chi connectivity index (χ0v) is 19.2. The number of amides is 1. The molecular formula is C26H24ClN5O2. The molecule has 0 radical (unpaired) electrons. The number of furan rings is 1. The SMILES string of the molecule is Cl.N[C@H]1CCCN(C(=O)c2ccc(-c3ccc4ncc(-c5cc6ccccc6o5)n4n3)cc2)C1. The first kappa shape index (κ1) is 22.1. The van der Waals surface area contributed by atoms with Crippen LogP contribution in [0.25, 0.3) is 39.3 Å². The number of nitrogens with zero attached hydrogens (tertiary/aromatic N) is 4. The molecule has 8 heteroatoms. The lowest BCUT2D eigenvalue weighted by molar-refractivity contribution is 0.0709. The van der Waals surface area contributed by atoms with Crippen LogP contribution in [0.4, 0.5) is 0 Å². The fourth-order valence-electron chi connectivity index (χ4n) is 4.46. The van der Waals surface area contributed by atoms with Crippen molar-refractivity contribution in [3.8, 4) is 22.7 Å². The van der Waals surface area contributed by atoms with Crippen LogP contribution in [0.5, 0.6) is 0 Å². The zero-order chi connectivity index (χ0) is 22.4. The van der Waals surface area contributed by atoms with Gasteiger partial charge in [-0.25, -0.2) is 9.50 Å². The van der Waals surface area contributed by atoms with E-state index in [9.17, 15) is 4.79 Å². The van der Waals surface area contributed by atoms with Crippen molar-refractivity contribution in [3.05, 3.63) is 78.5 Å². The van der Waals surface area contributed by atoms with Crippen molar-refractivity contribution < 1.29 is 9.21 Å². The average Bonchev–Trinajstić information content (AvgIpc) is 3.47. The molecule has 5 aromatic rings. The molecular weight excluding hydrogens is 450 g/mol. The molecule has 0 saturated carbocycles. The number of hydrogen-bond acceptors (Lipinski definition) is 5. The largest absolute Gasteiger partial charge is 0.454 e. The average molecular weight is 474 g/mol. The van der Waals surface area contributed by atoms with Gasteiger partial charge in [0.15, 0.2) is 11.4 Å². The lowest BCUT2D eigenvalue weighted by atomic mass is 10.0. The van der Waals surface area contributed by atoms with Gasteiger partial charge in [0.25, 0.3) is 5.91 Å². The van der Waals surface area contributed by atoms with Crippen molar-refractivity contribution in [1.82, 2.24) is 19.5 Å². The number of fused-ring (bicyclic) bond motifs is 2. The highest BCUT2D eigenvalue weighted by atomic mass is 35.5. The van der Waals surface area contributed by atoms with Crippen LogP contribution in [-0.2, 0) is 0 Å². The molecule has 0 aliphatic carbocycles. The maximum Gasteiger partial charge on any atom is 0.253 e. The second kappa shape index (κ2) is 8.93. The Labute approximate surface area is 202 Å². The highest BCUT2D eigenvalue weighted by Crippen LogP contribution is 2.29. The number of benzene rings is 2. The molecule has 2 aromatic carbocycles. The molecule has 0 spiro atoms. The number of hydrogen-bond donors (Lipinski definition) is 1. The van der Waals surface area contributed by atoms with Crippen LogP contribution in [0, 0.1) is 0 Å². The maximum atomic E-state index is 12.8. The highest BCUT2D eigenvalue weighted by Gasteiger charge is 2.22. The summed E-state index contributed by atoms with van der Waals surface area (Å²) in [7, 11) is 0. The highest BCUT2D eigenvalue weighted by molar-refractivity contribution is 5.94. The third-order valence-electron chi connectivity index (χ3n) is 6.21. The van der Waals surface area contributed by atoms with Gasteiger partial charge in [-0.1, -0.05) is 30.3 Å². The van der Waals surface area contributed by atoms with Crippen LogP contribution in [0.1, 0.15) is 23.2 Å². The first-order chi connectivity index (χ1) is 16.2. The summed E-state index contributed by atoms with van der Waals surface area (Å²) in [6.07, 6.45) is 3.70. The Morgan fingerprint density at radius 2 is 1.88 bits per heavy atom. The van der Waals surface area contributed by atoms with Crippen molar-refractivity contribution in [3.63, 3.8) is 0 Å². The Hall–Kier alpha value is -3.68. The van der Waals surface area contributed by atoms with E-state index < -0.39 is 0 Å². The van der Waals surface area contributed by atoms with Crippen molar-refractivity contribution in [2.45, 2.75) is 18.9 Å². The smallest absolute Gasteiger partial charge is 0.253 e. The molecule has 1 aliphatic heterocycles. The minimum absolute atomic E-state index is 0. The summed E-state index contributed by atoms with van der Waals surface area (Å²) in [6.45, 7) is 1.38. The molecule has 1 saturated heterocycles. The molecule has 3 aromatic heterocycles. The molecule has 34 heavy (non-hydrogen) atoms. The van der Waals surface area contributed by atoms with Gasteiger partial charge in [-0.2, -0.15) is 5.10 Å². The number of carbonyl (C=O) groups is 1. The molecule has 0 unspecified atom stereocenters. The van der Waals surface area contributed by atoms with E-state index in [1.54, 1.807) is 10.7 Å². The Morgan fingerprint density at radius 1 is 1.06 bits per heavy atom. The Kier molecular flexibility index (Phi) is 5.81. The molecule has 1 aliphatic rings. The quantitative estimate of drug-likeness (QED) is 0.406. The topological polar surface area (TPSA) is 89.7 Å². The number of carbonyl (C=O) groups excluding carboxylic acids is 1. The summed E-state index contributed by atoms with van der Waals surface area (Å²) in [5.41, 5.74) is 10.8. The van der Waals surface area contributed by atoms with Gasteiger partial charge in [-0.15, -0.1) is 12.4 Å². The minimum Gasteiger partial charge on any atom is -0.454 e. The van der Waals surface area contributed by atoms with Gasteiger partial charge in [0.2, 0.25) is 0 Å². The van der Waals surface area contributed by atoms with E-state index in [2.05, 4.69) is 4.98 Å². The van der Waals surface area contributed by atoms with Gasteiger partial charge in [0.05, 0.1) is 11.9 Å². The van der Waals surface area contributed by atoms with Gasteiger partial charge in [0.1, 0.15) is 11.3 Å². The molecule has 7 nitrogen and oxygen atoms in total. The third-order valence-corrected chi connectivity index (χ3v) is 6.21. The normalized spacial score (nSPS) is 16.0. The van der Waals surface area contributed by atoms with Gasteiger partial charge in [-0.3, -0.25) is 4.79 Å². The van der Waals surface area contributed by atoms with E-state index in [0.29, 0.717) is 17.9 Å². The number of aromatic nitrogens is 3. The van der Waals surface area contributed by atoms with E-state index >= 15 is 0 Å². The van der Waals surface area contributed by atoms with Crippen LogP contribution >= 0.6 is 12.4 Å². The van der Waals surface area contributed by atoms with Gasteiger partial charge in [0, 0.05) is 35.6 Å². The Morgan fingerprint density at radius 3 is 2.68 bits per heavy atom. The molecule has 0 bridgehead atoms. The summed E-state index contributed by atoms with van der Waals surface area (Å²) in [6, 6.07) is 21.4. The second-order valence-electron chi connectivity index (χ2n) is 8.51. The zero-order valence-electron chi connectivity index (χ0n) is 18.4. The lowest BCUT2D eigenvalue weighted by Gasteiger charge is -2.30. The van der Waals surface area contributed by atoms with Crippen molar-refractivity contribution in [1.29, 1.82) is 0 Å². The summed E-state index contributed by atoms with van der Waals surface area (Å²) in [5.74, 6) is 0.746. The third kappa shape index (κ3) is 3.93. The summed E-state index contributed by atoms with van der Waals surface area (Å²) < 4.78 is 7.81. The monoisotopic (exact) mass is 473 g/mol. The number of rotatable bonds is 3. The van der Waals surface area contributed by atoms with E-state index in [4.69, 9.17) is 15.2 Å². The molecule has 2 N–H and O–H groups in total. The Balaban J connectivity index is 0.00000241. The van der Waals surface area contributed by atoms with Crippen molar-refractivity contribution in [2.75, 3.05) is 13.1 Å². The fourth-order valence-corrected chi connectivity index (χ4v) is 4.46. The number of imidazole rings is 1. The van der Waals surface area contributed by atoms with Crippen molar-refractivity contribution in [2.24, 2.45) is 5.73 Å². The molecule has 1 fully saturated rings. The van der Waals surface area contributed by atoms with Crippen LogP contribution < -0.4 is 5.73 Å². The number of halogens is 1. The molecule has 1 amide bonds. The second-order valence-corrected chi connectivity index (χ2v) is 8.51. The number of likely N-dealkylation sites (tertiary alicyclic amines) is 1. The van der Waals surface area contributed by atoms with Crippen LogP contribution in [0.2, 0.25) is 0 Å². The molecule has 6 rings (SSSR count). The van der Waals surface area contributed by atoms with E-state index in [1.807, 2.05) is 71.6 Å². The first-order valence-electron chi connectivity index (χ1n) is 11.1. The van der Waals surface area contributed by atoms with Gasteiger partial charge >= 0.3 is 0 Å². The van der Waals surface area contributed by atoms with Crippen LogP contribution in [-0.4, -0.2) is 44.5 Å². The number of para-hydroxylation sites is 1. The van der Waals surface area contributed by atoms with E-state index in [-0.39, 0.29) is 24.4 Å². The summed E-state index contributed by atoms with van der Waals surface area (Å²) >= 11 is 0. The summed E-state index contributed by atoms with van der Waals surface area (Å²) in [4.78, 5) is 19.2. The minimum atomic E-state index is 0.